The molecule has 120 valence electrons. The first-order valence-electron chi connectivity index (χ1n) is 6.07. The molecule has 22 heavy (non-hydrogen) atoms. The second-order valence-corrected chi connectivity index (χ2v) is 5.63. The van der Waals surface area contributed by atoms with Crippen LogP contribution in [-0.4, -0.2) is 16.4 Å². The van der Waals surface area contributed by atoms with Crippen molar-refractivity contribution < 1.29 is 22.0 Å². The van der Waals surface area contributed by atoms with Gasteiger partial charge in [-0.05, 0) is 39.5 Å². The second-order valence-electron chi connectivity index (χ2n) is 4.50. The normalized spacial score (nSPS) is 12.7. The Balaban J connectivity index is 2.67. The minimum Gasteiger partial charge on any atom is -0.266 e. The zero-order valence-corrected chi connectivity index (χ0v) is 13.4. The van der Waals surface area contributed by atoms with Gasteiger partial charge in [0.2, 0.25) is 0 Å². The van der Waals surface area contributed by atoms with E-state index in [4.69, 9.17) is 11.6 Å². The maximum Gasteiger partial charge on any atom is 0.458 e. The van der Waals surface area contributed by atoms with Gasteiger partial charge < -0.3 is 0 Å². The predicted octanol–water partition coefficient (Wildman–Crippen LogP) is 5.71. The Morgan fingerprint density at radius 3 is 2.32 bits per heavy atom. The van der Waals surface area contributed by atoms with Crippen LogP contribution < -0.4 is 0 Å². The number of aromatic nitrogens is 2. The van der Waals surface area contributed by atoms with Gasteiger partial charge in [-0.15, -0.1) is 0 Å². The summed E-state index contributed by atoms with van der Waals surface area (Å²) in [6.07, 6.45) is -5.24. The van der Waals surface area contributed by atoms with Crippen LogP contribution in [0.2, 0.25) is 5.15 Å². The summed E-state index contributed by atoms with van der Waals surface area (Å²) < 4.78 is 64.9. The Kier molecular flexibility index (Phi) is 4.54. The molecule has 0 saturated heterocycles. The van der Waals surface area contributed by atoms with Gasteiger partial charge in [0, 0.05) is 5.56 Å². The van der Waals surface area contributed by atoms with Crippen molar-refractivity contribution in [3.8, 4) is 11.1 Å². The summed E-state index contributed by atoms with van der Waals surface area (Å²) in [6.45, 7) is 1.75. The number of alkyl halides is 5. The van der Waals surface area contributed by atoms with Gasteiger partial charge in [-0.1, -0.05) is 30.7 Å². The fourth-order valence-electron chi connectivity index (χ4n) is 2.01. The third-order valence-electron chi connectivity index (χ3n) is 3.16. The van der Waals surface area contributed by atoms with E-state index in [1.54, 1.807) is 6.92 Å². The van der Waals surface area contributed by atoms with Gasteiger partial charge in [-0.3, -0.25) is 5.10 Å². The Labute approximate surface area is 135 Å². The van der Waals surface area contributed by atoms with E-state index in [1.807, 2.05) is 0 Å². The van der Waals surface area contributed by atoms with Crippen LogP contribution in [-0.2, 0) is 12.3 Å². The van der Waals surface area contributed by atoms with Gasteiger partial charge in [-0.2, -0.15) is 27.1 Å². The molecule has 0 fully saturated rings. The minimum atomic E-state index is -5.67. The number of hydrogen-bond acceptors (Lipinski definition) is 1. The summed E-state index contributed by atoms with van der Waals surface area (Å²) in [5.41, 5.74) is -0.144. The number of nitrogens with zero attached hydrogens (tertiary/aromatic N) is 1. The molecule has 0 aliphatic rings. The summed E-state index contributed by atoms with van der Waals surface area (Å²) >= 11 is 9.00. The fraction of sp³-hybridized carbons (Fsp3) is 0.308. The van der Waals surface area contributed by atoms with Gasteiger partial charge in [-0.25, -0.2) is 0 Å². The third kappa shape index (κ3) is 2.86. The summed E-state index contributed by atoms with van der Waals surface area (Å²) in [5, 5.41) is 6.24. The van der Waals surface area contributed by atoms with Crippen LogP contribution >= 0.6 is 27.5 Å². The molecule has 1 aromatic heterocycles. The largest absolute Gasteiger partial charge is 0.458 e. The molecule has 1 heterocycles. The van der Waals surface area contributed by atoms with Gasteiger partial charge in [0.15, 0.2) is 0 Å². The molecule has 2 aromatic rings. The minimum absolute atomic E-state index is 0.0500. The summed E-state index contributed by atoms with van der Waals surface area (Å²) in [4.78, 5) is 0. The average Bonchev–Trinajstić information content (AvgIpc) is 2.76. The number of hydrogen-bond donors (Lipinski definition) is 1. The molecule has 1 aromatic carbocycles. The van der Waals surface area contributed by atoms with Crippen LogP contribution in [0.15, 0.2) is 22.8 Å². The molecule has 0 amide bonds. The van der Waals surface area contributed by atoms with E-state index < -0.39 is 17.7 Å². The number of rotatable bonds is 3. The fourth-order valence-corrected chi connectivity index (χ4v) is 2.85. The first-order chi connectivity index (χ1) is 10.1. The van der Waals surface area contributed by atoms with Crippen molar-refractivity contribution in [1.29, 1.82) is 0 Å². The molecule has 0 radical (unpaired) electrons. The van der Waals surface area contributed by atoms with Gasteiger partial charge >= 0.3 is 12.1 Å². The zero-order valence-electron chi connectivity index (χ0n) is 11.0. The van der Waals surface area contributed by atoms with E-state index in [9.17, 15) is 22.0 Å². The highest BCUT2D eigenvalue weighted by molar-refractivity contribution is 9.10. The van der Waals surface area contributed by atoms with Crippen molar-refractivity contribution in [3.63, 3.8) is 0 Å². The first-order valence-corrected chi connectivity index (χ1v) is 7.24. The van der Waals surface area contributed by atoms with Crippen molar-refractivity contribution in [1.82, 2.24) is 10.2 Å². The lowest BCUT2D eigenvalue weighted by atomic mass is 9.95. The quantitative estimate of drug-likeness (QED) is 0.654. The number of halogens is 7. The topological polar surface area (TPSA) is 28.7 Å². The van der Waals surface area contributed by atoms with Crippen LogP contribution in [0.5, 0.6) is 0 Å². The van der Waals surface area contributed by atoms with Crippen molar-refractivity contribution in [2.45, 2.75) is 25.4 Å². The molecule has 0 aliphatic heterocycles. The Hall–Kier alpha value is -1.15. The molecule has 0 unspecified atom stereocenters. The lowest BCUT2D eigenvalue weighted by molar-refractivity contribution is -0.289. The highest BCUT2D eigenvalue weighted by atomic mass is 79.9. The van der Waals surface area contributed by atoms with E-state index >= 15 is 0 Å². The predicted molar refractivity (Wildman–Crippen MR) is 76.1 cm³/mol. The lowest BCUT2D eigenvalue weighted by Crippen LogP contribution is -2.33. The maximum absolute atomic E-state index is 13.5. The van der Waals surface area contributed by atoms with E-state index in [0.29, 0.717) is 12.0 Å². The molecule has 9 heteroatoms. The Morgan fingerprint density at radius 2 is 1.86 bits per heavy atom. The summed E-state index contributed by atoms with van der Waals surface area (Å²) in [7, 11) is 0. The maximum atomic E-state index is 13.5. The average molecular weight is 404 g/mol. The van der Waals surface area contributed by atoms with E-state index in [1.165, 1.54) is 6.07 Å². The molecule has 0 saturated carbocycles. The molecule has 0 spiro atoms. The number of aryl methyl sites for hydroxylation is 1. The van der Waals surface area contributed by atoms with E-state index in [0.717, 1.165) is 12.1 Å². The monoisotopic (exact) mass is 402 g/mol. The van der Waals surface area contributed by atoms with Crippen LogP contribution in [0, 0.1) is 0 Å². The van der Waals surface area contributed by atoms with Crippen molar-refractivity contribution in [2.24, 2.45) is 0 Å². The SMILES string of the molecule is CCc1ccc(C(F)(F)C(F)(F)F)cc1-c1c(Br)n[nH]c1Cl. The standard InChI is InChI=1S/C13H9BrClF5N2/c1-2-6-3-4-7(12(16,17)13(18,19)20)5-8(6)9-10(14)21-22-11(9)15/h3-5H,2H2,1H3,(H,21,22). The summed E-state index contributed by atoms with van der Waals surface area (Å²) in [5.74, 6) is -4.95. The molecule has 0 bridgehead atoms. The Morgan fingerprint density at radius 1 is 1.23 bits per heavy atom. The highest BCUT2D eigenvalue weighted by Gasteiger charge is 2.58. The first kappa shape index (κ1) is 17.2. The third-order valence-corrected chi connectivity index (χ3v) is 4.00. The Bertz CT molecular complexity index is 677. The molecular formula is C13H9BrClF5N2. The molecule has 0 atom stereocenters. The van der Waals surface area contributed by atoms with Crippen molar-refractivity contribution >= 4 is 27.5 Å². The summed E-state index contributed by atoms with van der Waals surface area (Å²) in [6, 6.07) is 2.81. The number of H-pyrrole nitrogens is 1. The molecule has 2 rings (SSSR count). The number of benzene rings is 1. The highest BCUT2D eigenvalue weighted by Crippen LogP contribution is 2.46. The molecule has 1 N–H and O–H groups in total. The van der Waals surface area contributed by atoms with Gasteiger partial charge in [0.1, 0.15) is 9.76 Å². The van der Waals surface area contributed by atoms with Crippen molar-refractivity contribution in [3.05, 3.63) is 39.1 Å². The van der Waals surface area contributed by atoms with E-state index in [2.05, 4.69) is 26.1 Å². The zero-order chi connectivity index (χ0) is 16.7. The van der Waals surface area contributed by atoms with Gasteiger partial charge in [0.05, 0.1) is 5.56 Å². The second kappa shape index (κ2) is 5.81. The van der Waals surface area contributed by atoms with Crippen LogP contribution in [0.1, 0.15) is 18.1 Å². The smallest absolute Gasteiger partial charge is 0.266 e. The van der Waals surface area contributed by atoms with Crippen LogP contribution in [0.4, 0.5) is 22.0 Å². The molecule has 2 nitrogen and oxygen atoms in total. The van der Waals surface area contributed by atoms with Gasteiger partial charge in [0.25, 0.3) is 0 Å². The number of aromatic amines is 1. The van der Waals surface area contributed by atoms with Crippen LogP contribution in [0.25, 0.3) is 11.1 Å². The van der Waals surface area contributed by atoms with E-state index in [-0.39, 0.29) is 20.9 Å². The lowest BCUT2D eigenvalue weighted by Gasteiger charge is -2.21. The van der Waals surface area contributed by atoms with Crippen LogP contribution in [0.3, 0.4) is 0 Å². The molecule has 0 aliphatic carbocycles. The molecular weight excluding hydrogens is 395 g/mol. The number of nitrogens with one attached hydrogen (secondary N) is 1. The van der Waals surface area contributed by atoms with Crippen molar-refractivity contribution in [2.75, 3.05) is 0 Å².